The molecule has 2 saturated heterocycles. The lowest BCUT2D eigenvalue weighted by molar-refractivity contribution is 0.0840. The number of hydrogen-bond acceptors (Lipinski definition) is 9. The van der Waals surface area contributed by atoms with Crippen LogP contribution in [0.3, 0.4) is 0 Å². The summed E-state index contributed by atoms with van der Waals surface area (Å²) in [4.78, 5) is 21.4. The monoisotopic (exact) mass is 529 g/mol. The van der Waals surface area contributed by atoms with Gasteiger partial charge in [0.25, 0.3) is 5.56 Å². The molecule has 0 saturated carbocycles. The van der Waals surface area contributed by atoms with Crippen LogP contribution in [-0.2, 0) is 17.8 Å². The highest BCUT2D eigenvalue weighted by molar-refractivity contribution is 5.83. The first-order valence-electron chi connectivity index (χ1n) is 13.6. The second kappa shape index (κ2) is 10.4. The third kappa shape index (κ3) is 4.88. The fraction of sp³-hybridized carbons (Fsp3) is 0.429. The van der Waals surface area contributed by atoms with E-state index in [9.17, 15) is 4.79 Å². The molecule has 202 valence electrons. The Hall–Kier alpha value is -3.80. The Kier molecular flexibility index (Phi) is 6.47. The summed E-state index contributed by atoms with van der Waals surface area (Å²) in [5.74, 6) is 1.97. The SMILES string of the molecule is O=c1[nH]c2cc3c(cc2cc1[C@H](c1nnnn1C[C@H]1CCCO1)N1CCN(Cc2ccccc2)CC1)OCO3. The maximum absolute atomic E-state index is 13.6. The van der Waals surface area contributed by atoms with Crippen LogP contribution in [-0.4, -0.2) is 80.7 Å². The number of nitrogens with one attached hydrogen (secondary N) is 1. The Morgan fingerprint density at radius 3 is 2.64 bits per heavy atom. The van der Waals surface area contributed by atoms with Gasteiger partial charge in [-0.05, 0) is 41.0 Å². The van der Waals surface area contributed by atoms with Crippen molar-refractivity contribution in [2.24, 2.45) is 0 Å². The molecule has 7 rings (SSSR count). The van der Waals surface area contributed by atoms with Crippen LogP contribution in [0, 0.1) is 0 Å². The van der Waals surface area contributed by atoms with Crippen molar-refractivity contribution >= 4 is 10.9 Å². The van der Waals surface area contributed by atoms with Crippen LogP contribution in [0.4, 0.5) is 0 Å². The maximum Gasteiger partial charge on any atom is 0.253 e. The van der Waals surface area contributed by atoms with Crippen molar-refractivity contribution in [3.63, 3.8) is 0 Å². The van der Waals surface area contributed by atoms with Gasteiger partial charge in [-0.3, -0.25) is 14.6 Å². The van der Waals surface area contributed by atoms with E-state index in [1.165, 1.54) is 5.56 Å². The largest absolute Gasteiger partial charge is 0.454 e. The molecule has 1 N–H and O–H groups in total. The molecule has 39 heavy (non-hydrogen) atoms. The van der Waals surface area contributed by atoms with Gasteiger partial charge < -0.3 is 19.2 Å². The summed E-state index contributed by atoms with van der Waals surface area (Å²) < 4.78 is 18.8. The maximum atomic E-state index is 13.6. The van der Waals surface area contributed by atoms with Crippen LogP contribution >= 0.6 is 0 Å². The molecule has 11 nitrogen and oxygen atoms in total. The number of benzene rings is 2. The molecule has 3 aliphatic heterocycles. The zero-order chi connectivity index (χ0) is 26.2. The van der Waals surface area contributed by atoms with Gasteiger partial charge in [-0.1, -0.05) is 30.3 Å². The smallest absolute Gasteiger partial charge is 0.253 e. The molecular weight excluding hydrogens is 498 g/mol. The number of hydrogen-bond donors (Lipinski definition) is 1. The van der Waals surface area contributed by atoms with Crippen LogP contribution < -0.4 is 15.0 Å². The van der Waals surface area contributed by atoms with E-state index >= 15 is 0 Å². The lowest BCUT2D eigenvalue weighted by atomic mass is 10.0. The minimum absolute atomic E-state index is 0.0743. The van der Waals surface area contributed by atoms with Crippen LogP contribution in [0.25, 0.3) is 10.9 Å². The number of H-pyrrole nitrogens is 1. The molecule has 0 unspecified atom stereocenters. The second-order valence-electron chi connectivity index (χ2n) is 10.4. The number of fused-ring (bicyclic) bond motifs is 2. The fourth-order valence-electron chi connectivity index (χ4n) is 5.86. The van der Waals surface area contributed by atoms with Gasteiger partial charge in [0, 0.05) is 56.3 Å². The van der Waals surface area contributed by atoms with Crippen LogP contribution in [0.5, 0.6) is 11.5 Å². The van der Waals surface area contributed by atoms with Crippen molar-refractivity contribution in [2.75, 3.05) is 39.6 Å². The Balaban J connectivity index is 1.23. The molecule has 2 atom stereocenters. The topological polar surface area (TPSA) is 111 Å². The van der Waals surface area contributed by atoms with E-state index in [0.29, 0.717) is 34.9 Å². The van der Waals surface area contributed by atoms with Crippen molar-refractivity contribution in [1.82, 2.24) is 35.0 Å². The van der Waals surface area contributed by atoms with Gasteiger partial charge in [-0.25, -0.2) is 4.68 Å². The summed E-state index contributed by atoms with van der Waals surface area (Å²) in [7, 11) is 0. The van der Waals surface area contributed by atoms with E-state index in [0.717, 1.165) is 57.6 Å². The lowest BCUT2D eigenvalue weighted by Crippen LogP contribution is -2.48. The molecule has 0 aliphatic carbocycles. The Morgan fingerprint density at radius 2 is 1.85 bits per heavy atom. The molecule has 0 radical (unpaired) electrons. The zero-order valence-electron chi connectivity index (χ0n) is 21.7. The molecule has 0 amide bonds. The predicted molar refractivity (Wildman–Crippen MR) is 143 cm³/mol. The molecule has 2 aromatic heterocycles. The van der Waals surface area contributed by atoms with Gasteiger partial charge in [0.15, 0.2) is 17.3 Å². The van der Waals surface area contributed by atoms with Crippen LogP contribution in [0.1, 0.15) is 35.8 Å². The average Bonchev–Trinajstić information content (AvgIpc) is 3.73. The van der Waals surface area contributed by atoms with Crippen molar-refractivity contribution in [3.05, 3.63) is 75.8 Å². The van der Waals surface area contributed by atoms with Gasteiger partial charge in [0.05, 0.1) is 18.2 Å². The van der Waals surface area contributed by atoms with Crippen molar-refractivity contribution in [2.45, 2.75) is 38.1 Å². The number of ether oxygens (including phenoxy) is 3. The quantitative estimate of drug-likeness (QED) is 0.386. The van der Waals surface area contributed by atoms with E-state index < -0.39 is 6.04 Å². The minimum atomic E-state index is -0.404. The molecule has 3 aliphatic rings. The summed E-state index contributed by atoms with van der Waals surface area (Å²) >= 11 is 0. The van der Waals surface area contributed by atoms with Gasteiger partial charge in [0.2, 0.25) is 6.79 Å². The van der Waals surface area contributed by atoms with Crippen LogP contribution in [0.2, 0.25) is 0 Å². The van der Waals surface area contributed by atoms with Gasteiger partial charge in [-0.2, -0.15) is 0 Å². The number of nitrogens with zero attached hydrogens (tertiary/aromatic N) is 6. The predicted octanol–water partition coefficient (Wildman–Crippen LogP) is 2.33. The first kappa shape index (κ1) is 24.3. The molecule has 0 bridgehead atoms. The molecule has 4 aromatic rings. The standard InChI is InChI=1S/C28H31N7O4/c36-28-22(13-20-14-24-25(39-18-38-24)15-23(20)29-28)26(27-30-31-32-35(27)17-21-7-4-12-37-21)34-10-8-33(9-11-34)16-19-5-2-1-3-6-19/h1-3,5-6,13-15,21,26H,4,7-12,16-18H2,(H,29,36)/t21-,26-/m1/s1. The highest BCUT2D eigenvalue weighted by Gasteiger charge is 2.33. The van der Waals surface area contributed by atoms with Gasteiger partial charge in [-0.15, -0.1) is 5.10 Å². The number of aromatic nitrogens is 5. The fourth-order valence-corrected chi connectivity index (χ4v) is 5.86. The first-order valence-corrected chi connectivity index (χ1v) is 13.6. The van der Waals surface area contributed by atoms with Crippen LogP contribution in [0.15, 0.2) is 53.3 Å². The first-order chi connectivity index (χ1) is 19.2. The minimum Gasteiger partial charge on any atom is -0.454 e. The third-order valence-corrected chi connectivity index (χ3v) is 7.89. The zero-order valence-corrected chi connectivity index (χ0v) is 21.7. The molecule has 2 fully saturated rings. The Labute approximate surface area is 225 Å². The van der Waals surface area contributed by atoms with Crippen molar-refractivity contribution in [1.29, 1.82) is 0 Å². The van der Waals surface area contributed by atoms with E-state index in [1.54, 1.807) is 0 Å². The number of pyridine rings is 1. The molecule has 2 aromatic carbocycles. The molecular formula is C28H31N7O4. The Morgan fingerprint density at radius 1 is 1.03 bits per heavy atom. The van der Waals surface area contributed by atoms with Gasteiger partial charge >= 0.3 is 0 Å². The van der Waals surface area contributed by atoms with Crippen molar-refractivity contribution in [3.8, 4) is 11.5 Å². The molecule has 11 heteroatoms. The normalized spacial score (nSPS) is 20.6. The summed E-state index contributed by atoms with van der Waals surface area (Å²) in [5.41, 5.74) is 2.46. The highest BCUT2D eigenvalue weighted by atomic mass is 16.7. The third-order valence-electron chi connectivity index (χ3n) is 7.89. The molecule has 5 heterocycles. The lowest BCUT2D eigenvalue weighted by Gasteiger charge is -2.38. The second-order valence-corrected chi connectivity index (χ2v) is 10.4. The summed E-state index contributed by atoms with van der Waals surface area (Å²) in [5, 5.41) is 13.7. The summed E-state index contributed by atoms with van der Waals surface area (Å²) in [6.45, 7) is 5.72. The molecule has 0 spiro atoms. The number of piperazine rings is 1. The van der Waals surface area contributed by atoms with E-state index in [2.05, 4.69) is 54.6 Å². The van der Waals surface area contributed by atoms with E-state index in [-0.39, 0.29) is 18.5 Å². The number of aromatic amines is 1. The average molecular weight is 530 g/mol. The number of rotatable bonds is 7. The Bertz CT molecular complexity index is 1510. The van der Waals surface area contributed by atoms with Crippen molar-refractivity contribution < 1.29 is 14.2 Å². The summed E-state index contributed by atoms with van der Waals surface area (Å²) in [6.07, 6.45) is 2.09. The van der Waals surface area contributed by atoms with Gasteiger partial charge in [0.1, 0.15) is 6.04 Å². The van der Waals surface area contributed by atoms with E-state index in [1.807, 2.05) is 28.9 Å². The highest BCUT2D eigenvalue weighted by Crippen LogP contribution is 2.36. The van der Waals surface area contributed by atoms with E-state index in [4.69, 9.17) is 14.2 Å². The summed E-state index contributed by atoms with van der Waals surface area (Å²) in [6, 6.07) is 15.8. The number of tetrazole rings is 1.